The summed E-state index contributed by atoms with van der Waals surface area (Å²) >= 11 is 0. The number of nitriles is 2. The first-order valence-electron chi connectivity index (χ1n) is 7.56. The van der Waals surface area contributed by atoms with Gasteiger partial charge in [0.2, 0.25) is 5.91 Å². The molecule has 0 radical (unpaired) electrons. The van der Waals surface area contributed by atoms with Crippen LogP contribution in [-0.4, -0.2) is 31.2 Å². The minimum Gasteiger partial charge on any atom is -0.434 e. The van der Waals surface area contributed by atoms with Gasteiger partial charge in [0.05, 0.1) is 6.07 Å². The normalized spacial score (nSPS) is 11.0. The van der Waals surface area contributed by atoms with Crippen LogP contribution in [0.3, 0.4) is 0 Å². The molecule has 2 amide bonds. The number of alkyl carbamates (subject to hydrolysis) is 1. The number of ether oxygens (including phenoxy) is 1. The Morgan fingerprint density at radius 2 is 1.84 bits per heavy atom. The maximum Gasteiger partial charge on any atom is 0.408 e. The predicted molar refractivity (Wildman–Crippen MR) is 90.2 cm³/mol. The van der Waals surface area contributed by atoms with Crippen LogP contribution in [0, 0.1) is 22.7 Å². The Labute approximate surface area is 144 Å². The van der Waals surface area contributed by atoms with E-state index in [-0.39, 0.29) is 13.0 Å². The van der Waals surface area contributed by atoms with Crippen molar-refractivity contribution in [2.45, 2.75) is 12.5 Å². The number of fused-ring (bicyclic) bond motifs is 1. The van der Waals surface area contributed by atoms with Crippen molar-refractivity contribution in [1.82, 2.24) is 10.6 Å². The van der Waals surface area contributed by atoms with Crippen LogP contribution in [0.5, 0.6) is 0 Å². The molecule has 1 unspecified atom stereocenters. The largest absolute Gasteiger partial charge is 0.434 e. The van der Waals surface area contributed by atoms with E-state index in [1.54, 1.807) is 6.07 Å². The molecule has 0 bridgehead atoms. The summed E-state index contributed by atoms with van der Waals surface area (Å²) in [5, 5.41) is 24.0. The van der Waals surface area contributed by atoms with Crippen LogP contribution < -0.4 is 10.6 Å². The lowest BCUT2D eigenvalue weighted by atomic mass is 10.0. The zero-order valence-electron chi connectivity index (χ0n) is 13.4. The Morgan fingerprint density at radius 1 is 1.08 bits per heavy atom. The van der Waals surface area contributed by atoms with Crippen LogP contribution in [0.25, 0.3) is 10.8 Å². The number of carbonyl (C=O) groups excluding carboxylic acids is 2. The van der Waals surface area contributed by atoms with Crippen molar-refractivity contribution >= 4 is 22.8 Å². The first-order valence-corrected chi connectivity index (χ1v) is 7.56. The molecule has 2 rings (SSSR count). The second kappa shape index (κ2) is 8.90. The fourth-order valence-electron chi connectivity index (χ4n) is 2.34. The van der Waals surface area contributed by atoms with Crippen molar-refractivity contribution < 1.29 is 14.3 Å². The van der Waals surface area contributed by atoms with Crippen molar-refractivity contribution in [2.75, 3.05) is 13.2 Å². The van der Waals surface area contributed by atoms with E-state index in [1.165, 1.54) is 0 Å². The quantitative estimate of drug-likeness (QED) is 0.778. The van der Waals surface area contributed by atoms with E-state index in [4.69, 9.17) is 10.5 Å². The highest BCUT2D eigenvalue weighted by Crippen LogP contribution is 2.16. The molecule has 2 N–H and O–H groups in total. The Hall–Kier alpha value is -3.58. The number of rotatable bonds is 6. The van der Waals surface area contributed by atoms with Crippen molar-refractivity contribution in [3.63, 3.8) is 0 Å². The molecule has 0 aliphatic carbocycles. The molecule has 0 aromatic heterocycles. The van der Waals surface area contributed by atoms with Crippen molar-refractivity contribution in [2.24, 2.45) is 0 Å². The molecular formula is C18H16N4O3. The van der Waals surface area contributed by atoms with E-state index in [2.05, 4.69) is 15.4 Å². The van der Waals surface area contributed by atoms with Crippen molar-refractivity contribution in [1.29, 1.82) is 10.5 Å². The first-order chi connectivity index (χ1) is 12.1. The number of hydrogen-bond acceptors (Lipinski definition) is 5. The summed E-state index contributed by atoms with van der Waals surface area (Å²) in [4.78, 5) is 23.8. The number of benzene rings is 2. The summed E-state index contributed by atoms with van der Waals surface area (Å²) in [6.45, 7) is -0.573. The minimum atomic E-state index is -0.916. The molecule has 7 heteroatoms. The molecule has 0 spiro atoms. The standard InChI is InChI=1S/C18H16N4O3/c19-7-9-21-17(23)16(22-18(24)25-10-8-20)12-13-5-6-14-3-1-2-4-15(14)11-13/h1-6,11,16H,9-10,12H2,(H,21,23)(H,22,24). The monoisotopic (exact) mass is 336 g/mol. The molecule has 0 fully saturated rings. The Kier molecular flexibility index (Phi) is 6.32. The molecule has 0 aliphatic rings. The van der Waals surface area contributed by atoms with Gasteiger partial charge in [-0.1, -0.05) is 42.5 Å². The average molecular weight is 336 g/mol. The summed E-state index contributed by atoms with van der Waals surface area (Å²) in [6.07, 6.45) is -0.636. The van der Waals surface area contributed by atoms with Crippen LogP contribution in [0.2, 0.25) is 0 Å². The molecule has 25 heavy (non-hydrogen) atoms. The molecule has 2 aromatic rings. The molecular weight excluding hydrogens is 320 g/mol. The number of nitrogens with one attached hydrogen (secondary N) is 2. The summed E-state index contributed by atoms with van der Waals surface area (Å²) in [5.74, 6) is -0.497. The van der Waals surface area contributed by atoms with Gasteiger partial charge >= 0.3 is 6.09 Å². The molecule has 0 heterocycles. The fourth-order valence-corrected chi connectivity index (χ4v) is 2.34. The smallest absolute Gasteiger partial charge is 0.408 e. The third-order valence-corrected chi connectivity index (χ3v) is 3.47. The summed E-state index contributed by atoms with van der Waals surface area (Å²) < 4.78 is 4.63. The van der Waals surface area contributed by atoms with Crippen LogP contribution in [-0.2, 0) is 16.0 Å². The second-order valence-electron chi connectivity index (χ2n) is 5.19. The molecule has 0 saturated heterocycles. The molecule has 0 aliphatic heterocycles. The van der Waals surface area contributed by atoms with Gasteiger partial charge in [0.15, 0.2) is 6.61 Å². The Bertz CT molecular complexity index is 851. The predicted octanol–water partition coefficient (Wildman–Crippen LogP) is 1.64. The zero-order valence-corrected chi connectivity index (χ0v) is 13.4. The Morgan fingerprint density at radius 3 is 2.56 bits per heavy atom. The van der Waals surface area contributed by atoms with Crippen molar-refractivity contribution in [3.05, 3.63) is 48.0 Å². The van der Waals surface area contributed by atoms with Crippen LogP contribution in [0.1, 0.15) is 5.56 Å². The molecule has 7 nitrogen and oxygen atoms in total. The highest BCUT2D eigenvalue weighted by molar-refractivity contribution is 5.87. The third kappa shape index (κ3) is 5.22. The molecule has 2 aromatic carbocycles. The highest BCUT2D eigenvalue weighted by atomic mass is 16.5. The maximum atomic E-state index is 12.2. The van der Waals surface area contributed by atoms with Gasteiger partial charge in [-0.05, 0) is 16.3 Å². The van der Waals surface area contributed by atoms with E-state index in [0.717, 1.165) is 16.3 Å². The van der Waals surface area contributed by atoms with E-state index < -0.39 is 24.6 Å². The third-order valence-electron chi connectivity index (χ3n) is 3.47. The van der Waals surface area contributed by atoms with Gasteiger partial charge in [0.1, 0.15) is 18.7 Å². The lowest BCUT2D eigenvalue weighted by Gasteiger charge is -2.17. The summed E-state index contributed by atoms with van der Waals surface area (Å²) in [5.41, 5.74) is 0.844. The molecule has 1 atom stereocenters. The topological polar surface area (TPSA) is 115 Å². The van der Waals surface area contributed by atoms with Crippen LogP contribution in [0.4, 0.5) is 4.79 Å². The first kappa shape index (κ1) is 17.8. The van der Waals surface area contributed by atoms with E-state index >= 15 is 0 Å². The van der Waals surface area contributed by atoms with Gasteiger partial charge in [-0.25, -0.2) is 4.79 Å². The van der Waals surface area contributed by atoms with Gasteiger partial charge in [0.25, 0.3) is 0 Å². The van der Waals surface area contributed by atoms with E-state index in [9.17, 15) is 9.59 Å². The number of amides is 2. The highest BCUT2D eigenvalue weighted by Gasteiger charge is 2.21. The fraction of sp³-hybridized carbons (Fsp3) is 0.222. The number of carbonyl (C=O) groups is 2. The average Bonchev–Trinajstić information content (AvgIpc) is 2.63. The van der Waals surface area contributed by atoms with Gasteiger partial charge in [0, 0.05) is 6.42 Å². The van der Waals surface area contributed by atoms with Gasteiger partial charge in [-0.3, -0.25) is 4.79 Å². The number of hydrogen-bond donors (Lipinski definition) is 2. The second-order valence-corrected chi connectivity index (χ2v) is 5.19. The molecule has 126 valence electrons. The van der Waals surface area contributed by atoms with Gasteiger partial charge in [-0.2, -0.15) is 10.5 Å². The number of nitrogens with zero attached hydrogens (tertiary/aromatic N) is 2. The lowest BCUT2D eigenvalue weighted by molar-refractivity contribution is -0.122. The zero-order chi connectivity index (χ0) is 18.1. The molecule has 0 saturated carbocycles. The minimum absolute atomic E-state index is 0.165. The van der Waals surface area contributed by atoms with Gasteiger partial charge in [-0.15, -0.1) is 0 Å². The van der Waals surface area contributed by atoms with Gasteiger partial charge < -0.3 is 15.4 Å². The van der Waals surface area contributed by atoms with E-state index in [1.807, 2.05) is 48.5 Å². The van der Waals surface area contributed by atoms with Crippen LogP contribution >= 0.6 is 0 Å². The lowest BCUT2D eigenvalue weighted by Crippen LogP contribution is -2.48. The maximum absolute atomic E-state index is 12.2. The summed E-state index contributed by atoms with van der Waals surface area (Å²) in [6, 6.07) is 16.1. The van der Waals surface area contributed by atoms with Crippen molar-refractivity contribution in [3.8, 4) is 12.1 Å². The van der Waals surface area contributed by atoms with Crippen LogP contribution in [0.15, 0.2) is 42.5 Å². The Balaban J connectivity index is 2.15. The SMILES string of the molecule is N#CCNC(=O)C(Cc1ccc2ccccc2c1)NC(=O)OCC#N. The van der Waals surface area contributed by atoms with E-state index in [0.29, 0.717) is 0 Å². The summed E-state index contributed by atoms with van der Waals surface area (Å²) in [7, 11) is 0.